The summed E-state index contributed by atoms with van der Waals surface area (Å²) in [6.07, 6.45) is 3.38. The summed E-state index contributed by atoms with van der Waals surface area (Å²) in [5, 5.41) is 3.89. The summed E-state index contributed by atoms with van der Waals surface area (Å²) in [5.74, 6) is -0.112. The molecule has 100 valence electrons. The number of nitrogen functional groups attached to an aromatic ring is 1. The number of carbonyl (C=O) groups excluding carboxylic acids is 1. The Morgan fingerprint density at radius 3 is 2.95 bits per heavy atom. The number of hydrogen-bond acceptors (Lipinski definition) is 4. The molecule has 0 saturated heterocycles. The Bertz CT molecular complexity index is 795. The van der Waals surface area contributed by atoms with Crippen molar-refractivity contribution in [2.45, 2.75) is 6.92 Å². The number of amides is 1. The number of hydrogen-bond donors (Lipinski definition) is 2. The highest BCUT2D eigenvalue weighted by Crippen LogP contribution is 2.28. The molecule has 0 unspecified atom stereocenters. The van der Waals surface area contributed by atoms with Gasteiger partial charge in [0.1, 0.15) is 0 Å². The third-order valence-corrected chi connectivity index (χ3v) is 4.15. The Balaban J connectivity index is 1.91. The molecule has 0 fully saturated rings. The van der Waals surface area contributed by atoms with Crippen molar-refractivity contribution in [1.82, 2.24) is 4.98 Å². The van der Waals surface area contributed by atoms with Crippen LogP contribution in [0.5, 0.6) is 0 Å². The predicted octanol–water partition coefficient (Wildman–Crippen LogP) is 3.44. The van der Waals surface area contributed by atoms with Crippen LogP contribution in [0.4, 0.5) is 11.4 Å². The third kappa shape index (κ3) is 2.35. The van der Waals surface area contributed by atoms with Crippen LogP contribution in [-0.2, 0) is 0 Å². The standard InChI is InChI=1S/C15H13N3OS/c1-9-8-17-5-4-12(9)18-15(19)14-7-10-6-11(16)2-3-13(10)20-14/h2-8H,16H2,1H3,(H,17,18,19). The summed E-state index contributed by atoms with van der Waals surface area (Å²) in [7, 11) is 0. The second kappa shape index (κ2) is 4.94. The monoisotopic (exact) mass is 283 g/mol. The second-order valence-corrected chi connectivity index (χ2v) is 5.64. The minimum atomic E-state index is -0.112. The largest absolute Gasteiger partial charge is 0.399 e. The zero-order valence-electron chi connectivity index (χ0n) is 10.9. The minimum absolute atomic E-state index is 0.112. The predicted molar refractivity (Wildman–Crippen MR) is 83.2 cm³/mol. The van der Waals surface area contributed by atoms with Crippen LogP contribution < -0.4 is 11.1 Å². The number of nitrogens with zero attached hydrogens (tertiary/aromatic N) is 1. The molecule has 3 rings (SSSR count). The fourth-order valence-corrected chi connectivity index (χ4v) is 2.91. The summed E-state index contributed by atoms with van der Waals surface area (Å²) in [5.41, 5.74) is 8.17. The van der Waals surface area contributed by atoms with E-state index in [0.717, 1.165) is 21.3 Å². The van der Waals surface area contributed by atoms with E-state index in [9.17, 15) is 4.79 Å². The van der Waals surface area contributed by atoms with Gasteiger partial charge in [-0.15, -0.1) is 11.3 Å². The number of nitrogens with one attached hydrogen (secondary N) is 1. The molecule has 1 amide bonds. The van der Waals surface area contributed by atoms with Crippen LogP contribution >= 0.6 is 11.3 Å². The van der Waals surface area contributed by atoms with Gasteiger partial charge in [-0.1, -0.05) is 0 Å². The van der Waals surface area contributed by atoms with Crippen molar-refractivity contribution in [2.24, 2.45) is 0 Å². The van der Waals surface area contributed by atoms with Gasteiger partial charge in [0.2, 0.25) is 0 Å². The van der Waals surface area contributed by atoms with Crippen LogP contribution in [0.2, 0.25) is 0 Å². The smallest absolute Gasteiger partial charge is 0.265 e. The van der Waals surface area contributed by atoms with Gasteiger partial charge in [-0.2, -0.15) is 0 Å². The Morgan fingerprint density at radius 1 is 1.30 bits per heavy atom. The molecule has 0 radical (unpaired) electrons. The molecule has 0 aliphatic heterocycles. The average Bonchev–Trinajstić information content (AvgIpc) is 2.84. The molecule has 0 saturated carbocycles. The van der Waals surface area contributed by atoms with E-state index >= 15 is 0 Å². The Kier molecular flexibility index (Phi) is 3.12. The number of carbonyl (C=O) groups is 1. The Morgan fingerprint density at radius 2 is 2.15 bits per heavy atom. The first-order valence-electron chi connectivity index (χ1n) is 6.14. The SMILES string of the molecule is Cc1cnccc1NC(=O)c1cc2cc(N)ccc2s1. The lowest BCUT2D eigenvalue weighted by Gasteiger charge is -2.05. The first kappa shape index (κ1) is 12.6. The summed E-state index contributed by atoms with van der Waals surface area (Å²) in [6, 6.07) is 9.30. The molecular weight excluding hydrogens is 270 g/mol. The van der Waals surface area contributed by atoms with Crippen molar-refractivity contribution in [3.05, 3.63) is 53.2 Å². The van der Waals surface area contributed by atoms with Crippen molar-refractivity contribution in [1.29, 1.82) is 0 Å². The normalized spacial score (nSPS) is 10.7. The minimum Gasteiger partial charge on any atom is -0.399 e. The molecule has 1 aromatic carbocycles. The van der Waals surface area contributed by atoms with Gasteiger partial charge in [-0.05, 0) is 48.2 Å². The summed E-state index contributed by atoms with van der Waals surface area (Å²) < 4.78 is 1.05. The maximum Gasteiger partial charge on any atom is 0.265 e. The molecule has 5 heteroatoms. The summed E-state index contributed by atoms with van der Waals surface area (Å²) in [6.45, 7) is 1.91. The van der Waals surface area contributed by atoms with Crippen LogP contribution in [0, 0.1) is 6.92 Å². The number of anilines is 2. The van der Waals surface area contributed by atoms with Crippen LogP contribution in [0.3, 0.4) is 0 Å². The number of fused-ring (bicyclic) bond motifs is 1. The van der Waals surface area contributed by atoms with Gasteiger partial charge in [0, 0.05) is 28.5 Å². The third-order valence-electron chi connectivity index (χ3n) is 3.03. The number of nitrogens with two attached hydrogens (primary N) is 1. The quantitative estimate of drug-likeness (QED) is 0.708. The fraction of sp³-hybridized carbons (Fsp3) is 0.0667. The van der Waals surface area contributed by atoms with E-state index < -0.39 is 0 Å². The fourth-order valence-electron chi connectivity index (χ4n) is 1.97. The van der Waals surface area contributed by atoms with Gasteiger partial charge in [0.25, 0.3) is 5.91 Å². The van der Waals surface area contributed by atoms with E-state index in [-0.39, 0.29) is 5.91 Å². The highest BCUT2D eigenvalue weighted by molar-refractivity contribution is 7.20. The summed E-state index contributed by atoms with van der Waals surface area (Å²) >= 11 is 1.46. The van der Waals surface area contributed by atoms with E-state index in [1.54, 1.807) is 18.5 Å². The van der Waals surface area contributed by atoms with E-state index in [1.165, 1.54) is 11.3 Å². The van der Waals surface area contributed by atoms with Crippen molar-refractivity contribution in [2.75, 3.05) is 11.1 Å². The van der Waals surface area contributed by atoms with E-state index in [4.69, 9.17) is 5.73 Å². The molecule has 2 heterocycles. The topological polar surface area (TPSA) is 68.0 Å². The highest BCUT2D eigenvalue weighted by atomic mass is 32.1. The zero-order chi connectivity index (χ0) is 14.1. The molecule has 2 aromatic heterocycles. The lowest BCUT2D eigenvalue weighted by molar-refractivity contribution is 0.103. The van der Waals surface area contributed by atoms with Gasteiger partial charge in [0.15, 0.2) is 0 Å². The highest BCUT2D eigenvalue weighted by Gasteiger charge is 2.11. The molecule has 3 aromatic rings. The Hall–Kier alpha value is -2.40. The number of aromatic nitrogens is 1. The lowest BCUT2D eigenvalue weighted by Crippen LogP contribution is -2.11. The van der Waals surface area contributed by atoms with Crippen molar-refractivity contribution >= 4 is 38.7 Å². The van der Waals surface area contributed by atoms with Crippen LogP contribution in [-0.4, -0.2) is 10.9 Å². The molecule has 0 bridgehead atoms. The number of pyridine rings is 1. The molecular formula is C15H13N3OS. The van der Waals surface area contributed by atoms with E-state index in [1.807, 2.05) is 31.2 Å². The zero-order valence-corrected chi connectivity index (χ0v) is 11.7. The first-order valence-corrected chi connectivity index (χ1v) is 6.96. The van der Waals surface area contributed by atoms with Crippen LogP contribution in [0.1, 0.15) is 15.2 Å². The summed E-state index contributed by atoms with van der Waals surface area (Å²) in [4.78, 5) is 16.9. The molecule has 4 nitrogen and oxygen atoms in total. The van der Waals surface area contributed by atoms with Crippen LogP contribution in [0.15, 0.2) is 42.7 Å². The first-order chi connectivity index (χ1) is 9.63. The number of benzene rings is 1. The van der Waals surface area contributed by atoms with Gasteiger partial charge in [0.05, 0.1) is 4.88 Å². The van der Waals surface area contributed by atoms with Crippen molar-refractivity contribution in [3.63, 3.8) is 0 Å². The van der Waals surface area contributed by atoms with Crippen LogP contribution in [0.25, 0.3) is 10.1 Å². The molecule has 3 N–H and O–H groups in total. The average molecular weight is 283 g/mol. The molecule has 0 atom stereocenters. The molecule has 0 spiro atoms. The number of thiophene rings is 1. The van der Waals surface area contributed by atoms with E-state index in [0.29, 0.717) is 10.6 Å². The maximum atomic E-state index is 12.3. The Labute approximate surface area is 120 Å². The van der Waals surface area contributed by atoms with Gasteiger partial charge in [-0.25, -0.2) is 0 Å². The van der Waals surface area contributed by atoms with Gasteiger partial charge < -0.3 is 11.1 Å². The number of aryl methyl sites for hydroxylation is 1. The second-order valence-electron chi connectivity index (χ2n) is 4.55. The molecule has 0 aliphatic carbocycles. The van der Waals surface area contributed by atoms with Crippen molar-refractivity contribution in [3.8, 4) is 0 Å². The van der Waals surface area contributed by atoms with Crippen molar-refractivity contribution < 1.29 is 4.79 Å². The van der Waals surface area contributed by atoms with Gasteiger partial charge >= 0.3 is 0 Å². The molecule has 0 aliphatic rings. The number of rotatable bonds is 2. The lowest BCUT2D eigenvalue weighted by atomic mass is 10.2. The maximum absolute atomic E-state index is 12.3. The molecule has 20 heavy (non-hydrogen) atoms. The van der Waals surface area contributed by atoms with Gasteiger partial charge in [-0.3, -0.25) is 9.78 Å². The van der Waals surface area contributed by atoms with E-state index in [2.05, 4.69) is 10.3 Å².